The highest BCUT2D eigenvalue weighted by Crippen LogP contribution is 2.31. The summed E-state index contributed by atoms with van der Waals surface area (Å²) in [4.78, 5) is 102. The number of aryl methyl sites for hydroxylation is 2. The van der Waals surface area contributed by atoms with E-state index >= 15 is 0 Å². The Balaban J connectivity index is 1.25. The molecule has 21 nitrogen and oxygen atoms in total. The number of amides is 5. The largest absolute Gasteiger partial charge is 0.404 e. The van der Waals surface area contributed by atoms with Crippen LogP contribution in [0.1, 0.15) is 94.9 Å². The minimum Gasteiger partial charge on any atom is -0.404 e. The first kappa shape index (κ1) is 50.4. The highest BCUT2D eigenvalue weighted by atomic mass is 17.6. The van der Waals surface area contributed by atoms with E-state index in [9.17, 15) is 33.6 Å². The number of aromatic amines is 1. The molecule has 1 atom stereocenters. The number of pyridine rings is 1. The Hall–Kier alpha value is -7.20. The lowest BCUT2D eigenvalue weighted by molar-refractivity contribution is -0.519. The summed E-state index contributed by atoms with van der Waals surface area (Å²) in [5.41, 5.74) is 18.9. The number of fused-ring (bicyclic) bond motifs is 1. The molecule has 0 bridgehead atoms. The smallest absolute Gasteiger partial charge is 0.264 e. The number of carbonyl (C=O) groups excluding carboxylic acids is 6. The van der Waals surface area contributed by atoms with Crippen molar-refractivity contribution in [3.8, 4) is 0 Å². The van der Waals surface area contributed by atoms with Crippen LogP contribution in [0, 0.1) is 19.3 Å². The van der Waals surface area contributed by atoms with E-state index in [4.69, 9.17) is 21.9 Å². The van der Waals surface area contributed by atoms with E-state index in [1.165, 1.54) is 24.4 Å². The van der Waals surface area contributed by atoms with Gasteiger partial charge in [0.25, 0.3) is 23.3 Å². The van der Waals surface area contributed by atoms with Crippen LogP contribution in [0.2, 0.25) is 0 Å². The molecule has 4 rings (SSSR count). The summed E-state index contributed by atoms with van der Waals surface area (Å²) >= 11 is 0. The van der Waals surface area contributed by atoms with E-state index in [1.807, 2.05) is 57.1 Å². The van der Waals surface area contributed by atoms with Crippen molar-refractivity contribution in [2.24, 2.45) is 11.5 Å². The van der Waals surface area contributed by atoms with Gasteiger partial charge in [-0.25, -0.2) is 5.48 Å². The van der Waals surface area contributed by atoms with Crippen LogP contribution in [0.25, 0.3) is 11.8 Å². The quantitative estimate of drug-likeness (QED) is 0.0114. The second-order valence-corrected chi connectivity index (χ2v) is 15.3. The second-order valence-electron chi connectivity index (χ2n) is 15.3. The minimum absolute atomic E-state index is 0.00540. The van der Waals surface area contributed by atoms with Gasteiger partial charge in [0, 0.05) is 80.0 Å². The number of aromatic nitrogens is 1. The number of benzene rings is 2. The van der Waals surface area contributed by atoms with Crippen molar-refractivity contribution < 1.29 is 43.8 Å². The molecule has 65 heavy (non-hydrogen) atoms. The number of hydrogen-bond acceptors (Lipinski definition) is 15. The fourth-order valence-electron chi connectivity index (χ4n) is 6.87. The molecule has 0 spiro atoms. The molecular weight excluding hydrogens is 843 g/mol. The molecule has 0 saturated heterocycles. The number of likely N-dealkylation sites (N-methyl/N-ethyl adjacent to an activating group) is 1. The van der Waals surface area contributed by atoms with Crippen molar-refractivity contribution in [1.29, 1.82) is 5.41 Å². The van der Waals surface area contributed by atoms with Gasteiger partial charge in [-0.05, 0) is 106 Å². The number of allylic oxidation sites excluding steroid dienone is 1. The first-order chi connectivity index (χ1) is 31.0. The number of imide groups is 1. The Morgan fingerprint density at radius 2 is 1.75 bits per heavy atom. The molecule has 348 valence electrons. The van der Waals surface area contributed by atoms with Crippen LogP contribution in [-0.4, -0.2) is 94.7 Å². The number of nitrogens with two attached hydrogens (primary N) is 2. The summed E-state index contributed by atoms with van der Waals surface area (Å²) in [5, 5.41) is 23.8. The highest BCUT2D eigenvalue weighted by molar-refractivity contribution is 6.24. The molecular formula is C44H57N11O10. The zero-order chi connectivity index (χ0) is 47.8. The van der Waals surface area contributed by atoms with Crippen LogP contribution in [0.15, 0.2) is 53.3 Å². The molecule has 2 heterocycles. The van der Waals surface area contributed by atoms with Gasteiger partial charge < -0.3 is 42.1 Å². The van der Waals surface area contributed by atoms with Gasteiger partial charge in [-0.3, -0.25) is 39.1 Å². The third kappa shape index (κ3) is 13.6. The number of H-pyrrole nitrogens is 1. The van der Waals surface area contributed by atoms with Crippen molar-refractivity contribution in [3.63, 3.8) is 0 Å². The van der Waals surface area contributed by atoms with Gasteiger partial charge in [-0.15, -0.1) is 0 Å². The minimum atomic E-state index is -1.20. The van der Waals surface area contributed by atoms with E-state index in [2.05, 4.69) is 36.4 Å². The van der Waals surface area contributed by atoms with Crippen LogP contribution in [-0.2, 0) is 35.9 Å². The zero-order valence-electron chi connectivity index (χ0n) is 37.2. The van der Waals surface area contributed by atoms with Crippen LogP contribution >= 0.6 is 0 Å². The van der Waals surface area contributed by atoms with Crippen LogP contribution in [0.5, 0.6) is 0 Å². The fourth-order valence-corrected chi connectivity index (χ4v) is 6.87. The number of anilines is 2. The van der Waals surface area contributed by atoms with Crippen LogP contribution in [0.4, 0.5) is 11.4 Å². The molecule has 11 N–H and O–H groups in total. The van der Waals surface area contributed by atoms with Crippen molar-refractivity contribution in [1.82, 2.24) is 30.9 Å². The molecule has 0 saturated carbocycles. The molecule has 0 aliphatic carbocycles. The Labute approximate surface area is 374 Å². The number of hydrogen-bond donors (Lipinski definition) is 9. The van der Waals surface area contributed by atoms with Crippen molar-refractivity contribution >= 4 is 64.8 Å². The van der Waals surface area contributed by atoms with Crippen molar-refractivity contribution in [2.75, 3.05) is 37.0 Å². The summed E-state index contributed by atoms with van der Waals surface area (Å²) in [6.07, 6.45) is 4.88. The monoisotopic (exact) mass is 899 g/mol. The Kier molecular flexibility index (Phi) is 18.6. The molecule has 2 aromatic carbocycles. The summed E-state index contributed by atoms with van der Waals surface area (Å²) in [6.45, 7) is 13.1. The van der Waals surface area contributed by atoms with Crippen LogP contribution in [0.3, 0.4) is 0 Å². The predicted molar refractivity (Wildman–Crippen MR) is 242 cm³/mol. The molecule has 0 radical (unpaired) electrons. The molecule has 5 amide bonds. The first-order valence-corrected chi connectivity index (χ1v) is 20.8. The van der Waals surface area contributed by atoms with E-state index in [1.54, 1.807) is 25.1 Å². The zero-order valence-corrected chi connectivity index (χ0v) is 37.2. The maximum atomic E-state index is 13.6. The topological polar surface area (TPSA) is 305 Å². The third-order valence-electron chi connectivity index (χ3n) is 10.2. The molecule has 1 aliphatic rings. The van der Waals surface area contributed by atoms with Gasteiger partial charge in [0.05, 0.1) is 28.4 Å². The lowest BCUT2D eigenvalue weighted by Crippen LogP contribution is -2.41. The number of primary amides is 1. The molecule has 21 heteroatoms. The summed E-state index contributed by atoms with van der Waals surface area (Å²) in [5.74, 6) is -2.95. The van der Waals surface area contributed by atoms with Gasteiger partial charge in [-0.1, -0.05) is 22.1 Å². The van der Waals surface area contributed by atoms with Gasteiger partial charge in [0.15, 0.2) is 0 Å². The lowest BCUT2D eigenvalue weighted by atomic mass is 10.0. The SMILES string of the molecule is CCN(CCNCCC(=O)NOOONc1cccc2c1C(=O)N(C(C=O)CCC(N)=O)C2=O)C(=N)C=CC(C)=c1cc(NC(C)C)c(=CN)c(C(=O)NCc2c(C)cc(C)[nH]c2=O)c1. The molecule has 3 aromatic rings. The van der Waals surface area contributed by atoms with Gasteiger partial charge in [0.2, 0.25) is 11.8 Å². The fraction of sp³-hybridized carbons (Fsp3) is 0.364. The number of amidine groups is 1. The van der Waals surface area contributed by atoms with E-state index in [0.29, 0.717) is 48.0 Å². The second kappa shape index (κ2) is 24.0. The Bertz CT molecular complexity index is 2500. The van der Waals surface area contributed by atoms with Gasteiger partial charge >= 0.3 is 0 Å². The van der Waals surface area contributed by atoms with Crippen LogP contribution < -0.4 is 54.4 Å². The third-order valence-corrected chi connectivity index (χ3v) is 10.2. The average molecular weight is 900 g/mol. The maximum absolute atomic E-state index is 13.6. The van der Waals surface area contributed by atoms with E-state index in [-0.39, 0.29) is 66.6 Å². The summed E-state index contributed by atoms with van der Waals surface area (Å²) in [6, 6.07) is 8.54. The highest BCUT2D eigenvalue weighted by Gasteiger charge is 2.41. The number of aldehydes is 1. The number of carbonyl (C=O) groups is 6. The first-order valence-electron chi connectivity index (χ1n) is 20.8. The summed E-state index contributed by atoms with van der Waals surface area (Å²) < 4.78 is 0. The molecule has 0 fully saturated rings. The maximum Gasteiger partial charge on any atom is 0.264 e. The Morgan fingerprint density at radius 1 is 1.00 bits per heavy atom. The van der Waals surface area contributed by atoms with Crippen molar-refractivity contribution in [3.05, 3.63) is 103 Å². The van der Waals surface area contributed by atoms with E-state index in [0.717, 1.165) is 26.9 Å². The predicted octanol–water partition coefficient (Wildman–Crippen LogP) is 0.812. The van der Waals surface area contributed by atoms with Crippen molar-refractivity contribution in [2.45, 2.75) is 79.4 Å². The summed E-state index contributed by atoms with van der Waals surface area (Å²) in [7, 11) is 0. The van der Waals surface area contributed by atoms with E-state index < -0.39 is 35.6 Å². The lowest BCUT2D eigenvalue weighted by Gasteiger charge is -2.22. The number of hydroxylamine groups is 1. The number of nitrogens with zero attached hydrogens (tertiary/aromatic N) is 2. The van der Waals surface area contributed by atoms with Gasteiger partial charge in [-0.2, -0.15) is 5.48 Å². The average Bonchev–Trinajstić information content (AvgIpc) is 3.51. The van der Waals surface area contributed by atoms with Gasteiger partial charge in [0.1, 0.15) is 12.1 Å². The standard InChI is InChI=1S/C44H57N11O10/c1-7-54(18-17-48-16-15-39(58)53-64-65-63-52-35-10-8-9-31-40(35)44(62)55(43(31)61)30(24-56)12-14-38(47)57)37(46)13-11-26(4)29-20-32(33(22-45)36(21-29)50-25(2)3)41(59)49-23-34-27(5)19-28(6)51-42(34)60/h8-11,13,19-22,24-25,30,46,48,50,52H,7,12,14-18,23,45H2,1-6H3,(H2,47,57)(H,49,59)(H,51,60)(H,53,58). The molecule has 1 aliphatic heterocycles. The normalized spacial score (nSPS) is 13.5. The number of rotatable bonds is 24. The molecule has 1 aromatic heterocycles. The number of nitrogens with one attached hydrogen (secondary N) is 7. The Morgan fingerprint density at radius 3 is 2.42 bits per heavy atom. The molecule has 1 unspecified atom stereocenters.